The van der Waals surface area contributed by atoms with E-state index >= 15 is 0 Å². The Kier molecular flexibility index (Phi) is 5.64. The van der Waals surface area contributed by atoms with Crippen LogP contribution in [0.3, 0.4) is 0 Å². The van der Waals surface area contributed by atoms with E-state index in [2.05, 4.69) is 4.98 Å². The van der Waals surface area contributed by atoms with Gasteiger partial charge < -0.3 is 20.2 Å². The van der Waals surface area contributed by atoms with Crippen LogP contribution >= 0.6 is 11.8 Å². The third kappa shape index (κ3) is 3.24. The molecule has 0 aliphatic carbocycles. The van der Waals surface area contributed by atoms with Crippen molar-refractivity contribution in [2.45, 2.75) is 37.7 Å². The molecule has 1 aromatic rings. The number of carboxylic acid groups (broad SMARTS) is 1. The average Bonchev–Trinajstić information content (AvgIpc) is 2.88. The minimum atomic E-state index is -1.14. The molecule has 1 aromatic heterocycles. The topological polar surface area (TPSA) is 111 Å². The Labute approximate surface area is 155 Å². The Hall–Kier alpha value is -1.90. The first kappa shape index (κ1) is 18.9. The van der Waals surface area contributed by atoms with Crippen molar-refractivity contribution in [2.75, 3.05) is 6.61 Å². The molecule has 1 fully saturated rings. The van der Waals surface area contributed by atoms with Gasteiger partial charge in [-0.25, -0.2) is 4.79 Å². The van der Waals surface area contributed by atoms with E-state index in [1.54, 1.807) is 13.1 Å². The number of rotatable bonds is 8. The van der Waals surface area contributed by atoms with E-state index in [1.807, 2.05) is 18.2 Å². The van der Waals surface area contributed by atoms with Gasteiger partial charge in [-0.05, 0) is 31.9 Å². The highest BCUT2D eigenvalue weighted by Crippen LogP contribution is 2.52. The van der Waals surface area contributed by atoms with E-state index in [0.29, 0.717) is 23.5 Å². The van der Waals surface area contributed by atoms with E-state index in [0.717, 1.165) is 5.69 Å². The van der Waals surface area contributed by atoms with Crippen molar-refractivity contribution >= 4 is 23.6 Å². The first-order valence-electron chi connectivity index (χ1n) is 8.59. The first-order valence-corrected chi connectivity index (χ1v) is 9.58. The highest BCUT2D eigenvalue weighted by atomic mass is 32.2. The number of pyridine rings is 1. The van der Waals surface area contributed by atoms with Gasteiger partial charge in [0.05, 0.1) is 23.8 Å². The number of β-lactam (4-membered cyclic amide) rings is 1. The Morgan fingerprint density at radius 1 is 1.42 bits per heavy atom. The highest BCUT2D eigenvalue weighted by Gasteiger charge is 2.60. The SMILES string of the molecule is C[C@@H](O)[C@H]1C(=O)N2C(C(=O)O)=C(SCc3ccccn3)[C@H](CCCO)[C@H]12. The Morgan fingerprint density at radius 2 is 2.19 bits per heavy atom. The minimum Gasteiger partial charge on any atom is -0.477 e. The number of thioether (sulfide) groups is 1. The van der Waals surface area contributed by atoms with Crippen LogP contribution in [-0.2, 0) is 15.3 Å². The second kappa shape index (κ2) is 7.77. The van der Waals surface area contributed by atoms with Gasteiger partial charge in [-0.2, -0.15) is 0 Å². The maximum absolute atomic E-state index is 12.4. The fraction of sp³-hybridized carbons (Fsp3) is 0.500. The number of nitrogens with zero attached hydrogens (tertiary/aromatic N) is 2. The lowest BCUT2D eigenvalue weighted by atomic mass is 9.77. The van der Waals surface area contributed by atoms with Gasteiger partial charge in [-0.1, -0.05) is 6.07 Å². The largest absolute Gasteiger partial charge is 0.477 e. The molecule has 0 spiro atoms. The average molecular weight is 378 g/mol. The lowest BCUT2D eigenvalue weighted by Crippen LogP contribution is -2.63. The van der Waals surface area contributed by atoms with Gasteiger partial charge in [-0.15, -0.1) is 11.8 Å². The number of aliphatic carboxylic acids is 1. The molecule has 0 bridgehead atoms. The lowest BCUT2D eigenvalue weighted by Gasteiger charge is -2.47. The third-order valence-corrected chi connectivity index (χ3v) is 6.16. The van der Waals surface area contributed by atoms with Crippen molar-refractivity contribution in [3.63, 3.8) is 0 Å². The highest BCUT2D eigenvalue weighted by molar-refractivity contribution is 8.02. The smallest absolute Gasteiger partial charge is 0.353 e. The van der Waals surface area contributed by atoms with E-state index in [4.69, 9.17) is 0 Å². The molecule has 0 aromatic carbocycles. The van der Waals surface area contributed by atoms with Gasteiger partial charge in [-0.3, -0.25) is 9.78 Å². The summed E-state index contributed by atoms with van der Waals surface area (Å²) in [5.41, 5.74) is 0.837. The third-order valence-electron chi connectivity index (χ3n) is 4.91. The van der Waals surface area contributed by atoms with Crippen molar-refractivity contribution in [3.05, 3.63) is 40.7 Å². The summed E-state index contributed by atoms with van der Waals surface area (Å²) < 4.78 is 0. The number of carboxylic acids is 1. The summed E-state index contributed by atoms with van der Waals surface area (Å²) in [6, 6.07) is 5.19. The second-order valence-electron chi connectivity index (χ2n) is 6.57. The molecule has 26 heavy (non-hydrogen) atoms. The standard InChI is InChI=1S/C18H22N2O5S/c1-10(22)13-14-12(6-4-8-21)16(15(18(24)25)20(14)17(13)23)26-9-11-5-2-3-7-19-11/h2-3,5,7,10,12-14,21-22H,4,6,8-9H2,1H3,(H,24,25)/t10-,12-,13-,14-/m1/s1. The summed E-state index contributed by atoms with van der Waals surface area (Å²) in [6.45, 7) is 1.56. The van der Waals surface area contributed by atoms with Crippen molar-refractivity contribution < 1.29 is 24.9 Å². The second-order valence-corrected chi connectivity index (χ2v) is 7.58. The minimum absolute atomic E-state index is 0.00287. The van der Waals surface area contributed by atoms with Crippen molar-refractivity contribution in [2.24, 2.45) is 11.8 Å². The van der Waals surface area contributed by atoms with Gasteiger partial charge >= 0.3 is 5.97 Å². The monoisotopic (exact) mass is 378 g/mol. The zero-order chi connectivity index (χ0) is 18.8. The summed E-state index contributed by atoms with van der Waals surface area (Å²) in [7, 11) is 0. The number of hydrogen-bond acceptors (Lipinski definition) is 6. The number of hydrogen-bond donors (Lipinski definition) is 3. The molecule has 140 valence electrons. The molecule has 2 aliphatic rings. The van der Waals surface area contributed by atoms with Crippen molar-refractivity contribution in [1.82, 2.24) is 9.88 Å². The molecule has 0 saturated carbocycles. The summed E-state index contributed by atoms with van der Waals surface area (Å²) >= 11 is 1.37. The number of fused-ring (bicyclic) bond motifs is 1. The van der Waals surface area contributed by atoms with Crippen molar-refractivity contribution in [3.8, 4) is 0 Å². The van der Waals surface area contributed by atoms with Crippen LogP contribution in [0.5, 0.6) is 0 Å². The molecule has 0 unspecified atom stereocenters. The predicted octanol–water partition coefficient (Wildman–Crippen LogP) is 1.22. The zero-order valence-electron chi connectivity index (χ0n) is 14.4. The number of aromatic nitrogens is 1. The summed E-state index contributed by atoms with van der Waals surface area (Å²) in [5.74, 6) is -1.77. The number of carbonyl (C=O) groups excluding carboxylic acids is 1. The van der Waals surface area contributed by atoms with Crippen LogP contribution < -0.4 is 0 Å². The molecule has 8 heteroatoms. The zero-order valence-corrected chi connectivity index (χ0v) is 15.2. The number of aliphatic hydroxyl groups is 2. The molecule has 3 N–H and O–H groups in total. The van der Waals surface area contributed by atoms with E-state index in [-0.39, 0.29) is 30.2 Å². The number of aliphatic hydroxyl groups excluding tert-OH is 2. The maximum atomic E-state index is 12.4. The molecule has 0 radical (unpaired) electrons. The predicted molar refractivity (Wildman–Crippen MR) is 95.8 cm³/mol. The van der Waals surface area contributed by atoms with Crippen molar-refractivity contribution in [1.29, 1.82) is 0 Å². The summed E-state index contributed by atoms with van der Waals surface area (Å²) in [4.78, 5) is 30.5. The number of carbonyl (C=O) groups is 2. The summed E-state index contributed by atoms with van der Waals surface area (Å²) in [6.07, 6.45) is 1.92. The van der Waals surface area contributed by atoms with Crippen LogP contribution in [0.25, 0.3) is 0 Å². The Morgan fingerprint density at radius 3 is 2.77 bits per heavy atom. The van der Waals surface area contributed by atoms with E-state index < -0.39 is 18.0 Å². The Balaban J connectivity index is 1.91. The van der Waals surface area contributed by atoms with Crippen LogP contribution in [0.1, 0.15) is 25.5 Å². The van der Waals surface area contributed by atoms with E-state index in [9.17, 15) is 24.9 Å². The van der Waals surface area contributed by atoms with Gasteiger partial charge in [0.25, 0.3) is 0 Å². The molecule has 1 amide bonds. The molecular weight excluding hydrogens is 356 g/mol. The fourth-order valence-corrected chi connectivity index (χ4v) is 5.06. The van der Waals surface area contributed by atoms with Crippen LogP contribution in [0.4, 0.5) is 0 Å². The molecule has 3 rings (SSSR count). The normalized spacial score (nSPS) is 25.9. The summed E-state index contributed by atoms with van der Waals surface area (Å²) in [5, 5.41) is 28.9. The lowest BCUT2D eigenvalue weighted by molar-refractivity contribution is -0.163. The maximum Gasteiger partial charge on any atom is 0.353 e. The molecule has 7 nitrogen and oxygen atoms in total. The van der Waals surface area contributed by atoms with Gasteiger partial charge in [0.1, 0.15) is 5.70 Å². The number of amides is 1. The molecule has 3 heterocycles. The molecule has 2 aliphatic heterocycles. The molecular formula is C18H22N2O5S. The van der Waals surface area contributed by atoms with Gasteiger partial charge in [0, 0.05) is 29.4 Å². The quantitative estimate of drug-likeness (QED) is 0.583. The van der Waals surface area contributed by atoms with Gasteiger partial charge in [0.2, 0.25) is 5.91 Å². The van der Waals surface area contributed by atoms with Crippen LogP contribution in [-0.4, -0.2) is 55.8 Å². The first-order chi connectivity index (χ1) is 12.5. The Bertz CT molecular complexity index is 722. The molecule has 4 atom stereocenters. The van der Waals surface area contributed by atoms with Gasteiger partial charge in [0.15, 0.2) is 0 Å². The van der Waals surface area contributed by atoms with Crippen LogP contribution in [0.2, 0.25) is 0 Å². The van der Waals surface area contributed by atoms with Crippen LogP contribution in [0, 0.1) is 11.8 Å². The fourth-order valence-electron chi connectivity index (χ4n) is 3.79. The van der Waals surface area contributed by atoms with Crippen LogP contribution in [0.15, 0.2) is 35.0 Å². The van der Waals surface area contributed by atoms with E-state index in [1.165, 1.54) is 16.7 Å². The molecule has 1 saturated heterocycles.